The molecule has 0 radical (unpaired) electrons. The van der Waals surface area contributed by atoms with Crippen molar-refractivity contribution >= 4 is 25.7 Å². The van der Waals surface area contributed by atoms with Gasteiger partial charge in [0, 0.05) is 6.07 Å². The fraction of sp³-hybridized carbons (Fsp3) is 0.0769. The molecule has 0 unspecified atom stereocenters. The highest BCUT2D eigenvalue weighted by Crippen LogP contribution is 2.31. The lowest BCUT2D eigenvalue weighted by Crippen LogP contribution is -2.14. The minimum atomic E-state index is -4.10. The Labute approximate surface area is 133 Å². The van der Waals surface area contributed by atoms with Crippen LogP contribution in [-0.4, -0.2) is 23.1 Å². The van der Waals surface area contributed by atoms with Gasteiger partial charge in [0.1, 0.15) is 22.2 Å². The van der Waals surface area contributed by atoms with Crippen LogP contribution in [0.5, 0.6) is 11.5 Å². The van der Waals surface area contributed by atoms with E-state index >= 15 is 0 Å². The fourth-order valence-corrected chi connectivity index (χ4v) is 2.92. The molecule has 0 aliphatic carbocycles. The summed E-state index contributed by atoms with van der Waals surface area (Å²) in [5, 5.41) is 5.11. The van der Waals surface area contributed by atoms with E-state index in [1.165, 1.54) is 24.3 Å². The smallest absolute Gasteiger partial charge is 0.241 e. The first-order valence-electron chi connectivity index (χ1n) is 6.13. The summed E-state index contributed by atoms with van der Waals surface area (Å²) in [5.74, 6) is -0.517. The van der Waals surface area contributed by atoms with E-state index in [1.807, 2.05) is 0 Å². The zero-order valence-corrected chi connectivity index (χ0v) is 13.5. The Morgan fingerprint density at radius 2 is 1.65 bits per heavy atom. The molecule has 3 N–H and O–H groups in total. The highest BCUT2D eigenvalue weighted by atomic mass is 32.2. The molecule has 0 saturated carbocycles. The molecule has 0 amide bonds. The van der Waals surface area contributed by atoms with Gasteiger partial charge in [0.25, 0.3) is 0 Å². The minimum Gasteiger partial charge on any atom is -0.456 e. The van der Waals surface area contributed by atoms with Gasteiger partial charge in [-0.2, -0.15) is 0 Å². The van der Waals surface area contributed by atoms with Crippen LogP contribution < -0.4 is 14.6 Å². The standard InChI is InChI=1S/C13H13FN2O5S2/c1-22(17,18)16-10-4-7-13(23(15,19)20)12(8-10)21-11-5-2-9(14)3-6-11/h2-8,16H,1H3,(H2,15,19,20). The number of anilines is 1. The molecular formula is C13H13FN2O5S2. The van der Waals surface area contributed by atoms with Crippen LogP contribution in [0.15, 0.2) is 47.4 Å². The molecule has 10 heteroatoms. The molecule has 0 spiro atoms. The molecule has 0 aromatic heterocycles. The molecule has 2 aromatic carbocycles. The van der Waals surface area contributed by atoms with Crippen LogP contribution in [0.25, 0.3) is 0 Å². The Bertz CT molecular complexity index is 925. The maximum absolute atomic E-state index is 12.9. The van der Waals surface area contributed by atoms with E-state index in [0.29, 0.717) is 0 Å². The van der Waals surface area contributed by atoms with Crippen LogP contribution in [0.2, 0.25) is 0 Å². The van der Waals surface area contributed by atoms with Crippen LogP contribution in [0, 0.1) is 5.82 Å². The topological polar surface area (TPSA) is 116 Å². The van der Waals surface area contributed by atoms with E-state index in [9.17, 15) is 21.2 Å². The van der Waals surface area contributed by atoms with Gasteiger partial charge in [-0.05, 0) is 36.4 Å². The lowest BCUT2D eigenvalue weighted by atomic mass is 10.3. The predicted molar refractivity (Wildman–Crippen MR) is 82.8 cm³/mol. The third kappa shape index (κ3) is 4.91. The zero-order valence-electron chi connectivity index (χ0n) is 11.9. The van der Waals surface area contributed by atoms with Crippen molar-refractivity contribution in [2.75, 3.05) is 11.0 Å². The molecule has 0 heterocycles. The third-order valence-electron chi connectivity index (χ3n) is 2.59. The maximum atomic E-state index is 12.9. The highest BCUT2D eigenvalue weighted by molar-refractivity contribution is 7.92. The van der Waals surface area contributed by atoms with Crippen molar-refractivity contribution in [3.05, 3.63) is 48.3 Å². The van der Waals surface area contributed by atoms with Gasteiger partial charge in [-0.3, -0.25) is 4.72 Å². The quantitative estimate of drug-likeness (QED) is 0.841. The van der Waals surface area contributed by atoms with Crippen molar-refractivity contribution in [2.45, 2.75) is 4.90 Å². The van der Waals surface area contributed by atoms with Gasteiger partial charge < -0.3 is 4.74 Å². The lowest BCUT2D eigenvalue weighted by Gasteiger charge is -2.12. The molecule has 2 aromatic rings. The molecule has 0 bridgehead atoms. The Kier molecular flexibility index (Phi) is 4.59. The summed E-state index contributed by atoms with van der Waals surface area (Å²) in [7, 11) is -7.66. The molecule has 0 aliphatic rings. The summed E-state index contributed by atoms with van der Waals surface area (Å²) in [6.07, 6.45) is 0.946. The van der Waals surface area contributed by atoms with Crippen molar-refractivity contribution in [3.8, 4) is 11.5 Å². The summed E-state index contributed by atoms with van der Waals surface area (Å²) in [6.45, 7) is 0. The summed E-state index contributed by atoms with van der Waals surface area (Å²) < 4.78 is 66.2. The molecule has 0 fully saturated rings. The number of hydrogen-bond acceptors (Lipinski definition) is 5. The molecule has 124 valence electrons. The second-order valence-corrected chi connectivity index (χ2v) is 7.92. The number of benzene rings is 2. The number of halogens is 1. The van der Waals surface area contributed by atoms with Crippen LogP contribution in [-0.2, 0) is 20.0 Å². The number of nitrogens with one attached hydrogen (secondary N) is 1. The largest absolute Gasteiger partial charge is 0.456 e. The first-order chi connectivity index (χ1) is 10.5. The first kappa shape index (κ1) is 17.2. The van der Waals surface area contributed by atoms with E-state index in [0.717, 1.165) is 24.5 Å². The number of nitrogens with two attached hydrogens (primary N) is 1. The van der Waals surface area contributed by atoms with Crippen molar-refractivity contribution in [2.24, 2.45) is 5.14 Å². The molecular weight excluding hydrogens is 347 g/mol. The molecule has 2 rings (SSSR count). The van der Waals surface area contributed by atoms with E-state index in [4.69, 9.17) is 9.88 Å². The average molecular weight is 360 g/mol. The summed E-state index contributed by atoms with van der Waals surface area (Å²) in [4.78, 5) is -0.333. The van der Waals surface area contributed by atoms with Gasteiger partial charge in [-0.1, -0.05) is 0 Å². The Morgan fingerprint density at radius 1 is 1.04 bits per heavy atom. The van der Waals surface area contributed by atoms with E-state index in [2.05, 4.69) is 4.72 Å². The molecule has 0 saturated heterocycles. The number of rotatable bonds is 5. The average Bonchev–Trinajstić information content (AvgIpc) is 2.38. The van der Waals surface area contributed by atoms with Crippen LogP contribution in [0.3, 0.4) is 0 Å². The molecule has 0 atom stereocenters. The normalized spacial score (nSPS) is 12.0. The van der Waals surface area contributed by atoms with Gasteiger partial charge in [0.05, 0.1) is 11.9 Å². The second kappa shape index (κ2) is 6.14. The van der Waals surface area contributed by atoms with E-state index in [-0.39, 0.29) is 22.1 Å². The monoisotopic (exact) mass is 360 g/mol. The van der Waals surface area contributed by atoms with Crippen LogP contribution in [0.4, 0.5) is 10.1 Å². The second-order valence-electron chi connectivity index (χ2n) is 4.64. The number of hydrogen-bond donors (Lipinski definition) is 2. The van der Waals surface area contributed by atoms with Crippen molar-refractivity contribution in [1.82, 2.24) is 0 Å². The van der Waals surface area contributed by atoms with Gasteiger partial charge in [0.2, 0.25) is 20.0 Å². The predicted octanol–water partition coefficient (Wildman–Crippen LogP) is 1.64. The van der Waals surface area contributed by atoms with Crippen molar-refractivity contribution in [1.29, 1.82) is 0 Å². The third-order valence-corrected chi connectivity index (χ3v) is 4.15. The fourth-order valence-electron chi connectivity index (χ4n) is 1.73. The summed E-state index contributed by atoms with van der Waals surface area (Å²) in [6, 6.07) is 8.36. The van der Waals surface area contributed by atoms with Gasteiger partial charge >= 0.3 is 0 Å². The molecule has 7 nitrogen and oxygen atoms in total. The van der Waals surface area contributed by atoms with E-state index in [1.54, 1.807) is 0 Å². The molecule has 23 heavy (non-hydrogen) atoms. The number of primary sulfonamides is 1. The van der Waals surface area contributed by atoms with E-state index < -0.39 is 25.9 Å². The van der Waals surface area contributed by atoms with Gasteiger partial charge in [-0.25, -0.2) is 26.4 Å². The summed E-state index contributed by atoms with van der Waals surface area (Å²) >= 11 is 0. The Hall–Kier alpha value is -2.17. The SMILES string of the molecule is CS(=O)(=O)Nc1ccc(S(N)(=O)=O)c(Oc2ccc(F)cc2)c1. The summed E-state index contributed by atoms with van der Waals surface area (Å²) in [5.41, 5.74) is 0.0945. The number of ether oxygens (including phenoxy) is 1. The first-order valence-corrected chi connectivity index (χ1v) is 9.56. The number of sulfonamides is 2. The van der Waals surface area contributed by atoms with Gasteiger partial charge in [-0.15, -0.1) is 0 Å². The minimum absolute atomic E-state index is 0.0945. The highest BCUT2D eigenvalue weighted by Gasteiger charge is 2.17. The van der Waals surface area contributed by atoms with Gasteiger partial charge in [0.15, 0.2) is 0 Å². The Morgan fingerprint density at radius 3 is 2.17 bits per heavy atom. The van der Waals surface area contributed by atoms with Crippen molar-refractivity contribution < 1.29 is 26.0 Å². The Balaban J connectivity index is 2.48. The maximum Gasteiger partial charge on any atom is 0.241 e. The van der Waals surface area contributed by atoms with Crippen LogP contribution in [0.1, 0.15) is 0 Å². The molecule has 0 aliphatic heterocycles. The zero-order chi connectivity index (χ0) is 17.3. The van der Waals surface area contributed by atoms with Crippen molar-refractivity contribution in [3.63, 3.8) is 0 Å². The van der Waals surface area contributed by atoms with Crippen LogP contribution >= 0.6 is 0 Å². The lowest BCUT2D eigenvalue weighted by molar-refractivity contribution is 0.466.